The van der Waals surface area contributed by atoms with Crippen LogP contribution in [-0.4, -0.2) is 29.6 Å². The van der Waals surface area contributed by atoms with Gasteiger partial charge < -0.3 is 11.1 Å². The first-order valence-electron chi connectivity index (χ1n) is 5.44. The number of Topliss-reactive ketones (excluding diaryl/α,β-unsaturated/α-hetero) is 2. The van der Waals surface area contributed by atoms with Gasteiger partial charge in [0.05, 0.1) is 12.1 Å². The van der Waals surface area contributed by atoms with Crippen LogP contribution in [0.1, 0.15) is 34.1 Å². The quantitative estimate of drug-likeness (QED) is 0.627. The van der Waals surface area contributed by atoms with Crippen molar-refractivity contribution in [3.8, 4) is 0 Å². The fourth-order valence-electron chi connectivity index (χ4n) is 1.17. The lowest BCUT2D eigenvalue weighted by Crippen LogP contribution is -2.51. The summed E-state index contributed by atoms with van der Waals surface area (Å²) >= 11 is 0. The van der Waals surface area contributed by atoms with Gasteiger partial charge in [-0.2, -0.15) is 0 Å². The molecule has 0 saturated carbocycles. The first-order chi connectivity index (χ1) is 7.31. The van der Waals surface area contributed by atoms with E-state index < -0.39 is 29.6 Å². The normalized spacial score (nSPS) is 14.4. The molecule has 2 atom stereocenters. The molecular formula is C11H20N2O3. The standard InChI is InChI=1S/C11H20N2O3/c1-5-8(14)10(15)9(6(2)3)13-11(16)7(4)12/h6-7,9H,5,12H2,1-4H3,(H,13,16)/t7-,9-/m0/s1. The van der Waals surface area contributed by atoms with E-state index in [-0.39, 0.29) is 12.3 Å². The average Bonchev–Trinajstić information content (AvgIpc) is 2.22. The topological polar surface area (TPSA) is 89.3 Å². The Morgan fingerprint density at radius 3 is 2.00 bits per heavy atom. The number of nitrogens with two attached hydrogens (primary N) is 1. The minimum Gasteiger partial charge on any atom is -0.344 e. The highest BCUT2D eigenvalue weighted by Crippen LogP contribution is 2.05. The number of carbonyl (C=O) groups is 3. The van der Waals surface area contributed by atoms with E-state index in [1.165, 1.54) is 6.92 Å². The van der Waals surface area contributed by atoms with Crippen LogP contribution in [0, 0.1) is 5.92 Å². The Balaban J connectivity index is 4.69. The molecule has 0 saturated heterocycles. The van der Waals surface area contributed by atoms with E-state index in [9.17, 15) is 14.4 Å². The Kier molecular flexibility index (Phi) is 5.88. The van der Waals surface area contributed by atoms with Crippen LogP contribution in [0.25, 0.3) is 0 Å². The van der Waals surface area contributed by atoms with Crippen molar-refractivity contribution in [1.82, 2.24) is 5.32 Å². The molecule has 0 heterocycles. The zero-order chi connectivity index (χ0) is 12.9. The monoisotopic (exact) mass is 228 g/mol. The third-order valence-electron chi connectivity index (χ3n) is 2.26. The maximum absolute atomic E-state index is 11.7. The van der Waals surface area contributed by atoms with Crippen LogP contribution in [0.3, 0.4) is 0 Å². The first-order valence-corrected chi connectivity index (χ1v) is 5.44. The van der Waals surface area contributed by atoms with E-state index in [4.69, 9.17) is 5.73 Å². The number of rotatable bonds is 6. The number of hydrogen-bond donors (Lipinski definition) is 2. The summed E-state index contributed by atoms with van der Waals surface area (Å²) in [5.41, 5.74) is 5.38. The Morgan fingerprint density at radius 2 is 1.69 bits per heavy atom. The highest BCUT2D eigenvalue weighted by Gasteiger charge is 2.28. The fourth-order valence-corrected chi connectivity index (χ4v) is 1.17. The molecule has 16 heavy (non-hydrogen) atoms. The van der Waals surface area contributed by atoms with Crippen LogP contribution in [0.4, 0.5) is 0 Å². The van der Waals surface area contributed by atoms with Crippen molar-refractivity contribution >= 4 is 17.5 Å². The highest BCUT2D eigenvalue weighted by molar-refractivity contribution is 6.39. The number of hydrogen-bond acceptors (Lipinski definition) is 4. The maximum Gasteiger partial charge on any atom is 0.237 e. The summed E-state index contributed by atoms with van der Waals surface area (Å²) in [6.07, 6.45) is 0.149. The predicted octanol–water partition coefficient (Wildman–Crippen LogP) is 0.0226. The van der Waals surface area contributed by atoms with Gasteiger partial charge in [-0.25, -0.2) is 0 Å². The maximum atomic E-state index is 11.7. The summed E-state index contributed by atoms with van der Waals surface area (Å²) in [6, 6.07) is -1.46. The van der Waals surface area contributed by atoms with Crippen LogP contribution >= 0.6 is 0 Å². The van der Waals surface area contributed by atoms with E-state index >= 15 is 0 Å². The van der Waals surface area contributed by atoms with Gasteiger partial charge in [0.2, 0.25) is 11.7 Å². The third kappa shape index (κ3) is 4.10. The van der Waals surface area contributed by atoms with Crippen LogP contribution in [0.2, 0.25) is 0 Å². The molecule has 0 bridgehead atoms. The number of nitrogens with one attached hydrogen (secondary N) is 1. The van der Waals surface area contributed by atoms with Gasteiger partial charge in [0.1, 0.15) is 0 Å². The van der Waals surface area contributed by atoms with Gasteiger partial charge in [0.15, 0.2) is 5.78 Å². The van der Waals surface area contributed by atoms with Crippen molar-refractivity contribution in [3.63, 3.8) is 0 Å². The lowest BCUT2D eigenvalue weighted by Gasteiger charge is -2.21. The molecule has 0 aromatic carbocycles. The van der Waals surface area contributed by atoms with Crippen LogP contribution in [0.15, 0.2) is 0 Å². The second kappa shape index (κ2) is 6.37. The fraction of sp³-hybridized carbons (Fsp3) is 0.727. The molecule has 3 N–H and O–H groups in total. The van der Waals surface area contributed by atoms with Crippen molar-refractivity contribution in [2.75, 3.05) is 0 Å². The summed E-state index contributed by atoms with van der Waals surface area (Å²) in [4.78, 5) is 34.3. The van der Waals surface area contributed by atoms with Gasteiger partial charge in [-0.1, -0.05) is 20.8 Å². The molecule has 0 unspecified atom stereocenters. The second-order valence-electron chi connectivity index (χ2n) is 4.16. The van der Waals surface area contributed by atoms with Crippen LogP contribution in [0.5, 0.6) is 0 Å². The largest absolute Gasteiger partial charge is 0.344 e. The van der Waals surface area contributed by atoms with Crippen molar-refractivity contribution in [3.05, 3.63) is 0 Å². The average molecular weight is 228 g/mol. The zero-order valence-electron chi connectivity index (χ0n) is 10.2. The number of amides is 1. The van der Waals surface area contributed by atoms with E-state index in [1.807, 2.05) is 0 Å². The molecule has 0 aliphatic rings. The molecule has 5 heteroatoms. The van der Waals surface area contributed by atoms with E-state index in [0.717, 1.165) is 0 Å². The Labute approximate surface area is 95.8 Å². The van der Waals surface area contributed by atoms with E-state index in [1.54, 1.807) is 20.8 Å². The molecule has 92 valence electrons. The van der Waals surface area contributed by atoms with Crippen molar-refractivity contribution in [1.29, 1.82) is 0 Å². The Bertz CT molecular complexity index is 285. The van der Waals surface area contributed by atoms with Crippen molar-refractivity contribution in [2.45, 2.75) is 46.2 Å². The molecule has 0 aromatic rings. The molecule has 0 spiro atoms. The van der Waals surface area contributed by atoms with Gasteiger partial charge in [0.25, 0.3) is 0 Å². The second-order valence-corrected chi connectivity index (χ2v) is 4.16. The minimum absolute atomic E-state index is 0.134. The van der Waals surface area contributed by atoms with Gasteiger partial charge in [-0.05, 0) is 12.8 Å². The van der Waals surface area contributed by atoms with Crippen molar-refractivity contribution < 1.29 is 14.4 Å². The predicted molar refractivity (Wildman–Crippen MR) is 60.7 cm³/mol. The molecule has 5 nitrogen and oxygen atoms in total. The smallest absolute Gasteiger partial charge is 0.237 e. The lowest BCUT2D eigenvalue weighted by atomic mass is 9.96. The lowest BCUT2D eigenvalue weighted by molar-refractivity contribution is -0.139. The minimum atomic E-state index is -0.772. The SMILES string of the molecule is CCC(=O)C(=O)[C@@H](NC(=O)[C@H](C)N)C(C)C. The highest BCUT2D eigenvalue weighted by atomic mass is 16.2. The van der Waals surface area contributed by atoms with Gasteiger partial charge in [-0.3, -0.25) is 14.4 Å². The molecule has 0 aliphatic heterocycles. The molecule has 1 amide bonds. The molecule has 0 aromatic heterocycles. The van der Waals surface area contributed by atoms with E-state index in [2.05, 4.69) is 5.32 Å². The Morgan fingerprint density at radius 1 is 1.19 bits per heavy atom. The molecule has 0 fully saturated rings. The van der Waals surface area contributed by atoms with E-state index in [0.29, 0.717) is 0 Å². The summed E-state index contributed by atoms with van der Waals surface area (Å²) in [5.74, 6) is -1.57. The zero-order valence-corrected chi connectivity index (χ0v) is 10.2. The number of carbonyl (C=O) groups excluding carboxylic acids is 3. The number of ketones is 2. The van der Waals surface area contributed by atoms with Gasteiger partial charge in [-0.15, -0.1) is 0 Å². The molecule has 0 rings (SSSR count). The summed E-state index contributed by atoms with van der Waals surface area (Å²) in [6.45, 7) is 6.68. The molecular weight excluding hydrogens is 208 g/mol. The summed E-state index contributed by atoms with van der Waals surface area (Å²) in [7, 11) is 0. The Hall–Kier alpha value is -1.23. The first kappa shape index (κ1) is 14.8. The third-order valence-corrected chi connectivity index (χ3v) is 2.26. The van der Waals surface area contributed by atoms with Crippen molar-refractivity contribution in [2.24, 2.45) is 11.7 Å². The summed E-state index contributed by atoms with van der Waals surface area (Å²) in [5, 5.41) is 2.50. The van der Waals surface area contributed by atoms with Gasteiger partial charge >= 0.3 is 0 Å². The molecule has 0 radical (unpaired) electrons. The molecule has 0 aliphatic carbocycles. The van der Waals surface area contributed by atoms with Crippen LogP contribution < -0.4 is 11.1 Å². The summed E-state index contributed by atoms with van der Waals surface area (Å²) < 4.78 is 0. The van der Waals surface area contributed by atoms with Crippen LogP contribution in [-0.2, 0) is 14.4 Å². The van der Waals surface area contributed by atoms with Gasteiger partial charge in [0, 0.05) is 6.42 Å².